The lowest BCUT2D eigenvalue weighted by atomic mass is 9.68. The number of aryl methyl sites for hydroxylation is 1. The minimum absolute atomic E-state index is 0. The van der Waals surface area contributed by atoms with Gasteiger partial charge in [-0.3, -0.25) is 9.69 Å². The summed E-state index contributed by atoms with van der Waals surface area (Å²) in [4.78, 5) is 18.3. The monoisotopic (exact) mass is 713 g/mol. The van der Waals surface area contributed by atoms with E-state index in [4.69, 9.17) is 25.8 Å². The number of morpholine rings is 1. The van der Waals surface area contributed by atoms with Crippen molar-refractivity contribution in [3.05, 3.63) is 70.3 Å². The van der Waals surface area contributed by atoms with E-state index in [0.717, 1.165) is 94.5 Å². The number of nitrogens with zero attached hydrogens (tertiary/aromatic N) is 2. The number of ether oxygens (including phenoxy) is 3. The van der Waals surface area contributed by atoms with Crippen LogP contribution in [0.15, 0.2) is 48.6 Å². The fourth-order valence-electron chi connectivity index (χ4n) is 8.46. The van der Waals surface area contributed by atoms with Gasteiger partial charge in [-0.25, -0.2) is 13.1 Å². The minimum atomic E-state index is -3.92. The highest BCUT2D eigenvalue weighted by Crippen LogP contribution is 2.47. The summed E-state index contributed by atoms with van der Waals surface area (Å²) >= 11 is 6.46. The second kappa shape index (κ2) is 14.5. The van der Waals surface area contributed by atoms with Crippen molar-refractivity contribution < 1.29 is 28.8 Å². The number of hydrogen-bond acceptors (Lipinski definition) is 8. The third kappa shape index (κ3) is 7.40. The molecule has 1 saturated carbocycles. The number of hydrogen-bond donors (Lipinski definition) is 1. The Bertz CT molecular complexity index is 1670. The molecule has 9 nitrogen and oxygen atoms in total. The van der Waals surface area contributed by atoms with Gasteiger partial charge in [0.25, 0.3) is 5.91 Å². The first kappa shape index (κ1) is 34.8. The molecule has 6 atom stereocenters. The number of fused-ring (bicyclic) bond motifs is 4. The quantitative estimate of drug-likeness (QED) is 0.395. The van der Waals surface area contributed by atoms with E-state index in [1.807, 2.05) is 25.1 Å². The lowest BCUT2D eigenvalue weighted by Crippen LogP contribution is -2.50. The van der Waals surface area contributed by atoms with Gasteiger partial charge in [-0.1, -0.05) is 36.7 Å². The smallest absolute Gasteiger partial charge is 0.264 e. The van der Waals surface area contributed by atoms with Crippen molar-refractivity contribution in [1.29, 1.82) is 0 Å². The van der Waals surface area contributed by atoms with Crippen LogP contribution in [0.25, 0.3) is 0 Å². The Hall–Kier alpha value is -2.63. The summed E-state index contributed by atoms with van der Waals surface area (Å²) < 4.78 is 48.1. The van der Waals surface area contributed by atoms with Crippen molar-refractivity contribution in [2.24, 2.45) is 17.8 Å². The Labute approximate surface area is 297 Å². The maximum atomic E-state index is 13.5. The molecule has 2 aliphatic carbocycles. The molecule has 5 aliphatic rings. The summed E-state index contributed by atoms with van der Waals surface area (Å²) in [6, 6.07) is 11.6. The van der Waals surface area contributed by atoms with Gasteiger partial charge in [0.05, 0.1) is 43.5 Å². The molecule has 2 bridgehead atoms. The number of anilines is 1. The summed E-state index contributed by atoms with van der Waals surface area (Å²) in [5, 5.41) is -0.00970. The summed E-state index contributed by atoms with van der Waals surface area (Å²) in [5.74, 6) is 0.626. The summed E-state index contributed by atoms with van der Waals surface area (Å²) in [7, 11) is -3.92. The van der Waals surface area contributed by atoms with Crippen LogP contribution in [0, 0.1) is 17.8 Å². The van der Waals surface area contributed by atoms with Crippen molar-refractivity contribution >= 4 is 33.2 Å². The maximum Gasteiger partial charge on any atom is 0.264 e. The van der Waals surface area contributed by atoms with E-state index in [1.165, 1.54) is 11.1 Å². The maximum absolute atomic E-state index is 13.5. The predicted molar refractivity (Wildman–Crippen MR) is 194 cm³/mol. The molecule has 1 saturated heterocycles. The first-order chi connectivity index (χ1) is 23.6. The van der Waals surface area contributed by atoms with Crippen molar-refractivity contribution in [2.45, 2.75) is 69.1 Å². The van der Waals surface area contributed by atoms with E-state index in [0.29, 0.717) is 37.0 Å². The molecule has 11 heteroatoms. The summed E-state index contributed by atoms with van der Waals surface area (Å²) in [5.41, 5.74) is 3.46. The van der Waals surface area contributed by atoms with Crippen LogP contribution in [0.2, 0.25) is 5.02 Å². The molecule has 7 rings (SSSR count). The average Bonchev–Trinajstić information content (AvgIpc) is 3.22. The van der Waals surface area contributed by atoms with E-state index >= 15 is 0 Å². The van der Waals surface area contributed by atoms with Crippen LogP contribution < -0.4 is 14.4 Å². The van der Waals surface area contributed by atoms with Crippen LogP contribution in [0.4, 0.5) is 5.69 Å². The molecular formula is C38H52ClN3O6S. The van der Waals surface area contributed by atoms with Gasteiger partial charge in [0, 0.05) is 50.2 Å². The van der Waals surface area contributed by atoms with E-state index in [2.05, 4.69) is 38.8 Å². The molecule has 49 heavy (non-hydrogen) atoms. The van der Waals surface area contributed by atoms with Crippen LogP contribution >= 0.6 is 11.6 Å². The third-order valence-electron chi connectivity index (χ3n) is 11.8. The highest BCUT2D eigenvalue weighted by molar-refractivity contribution is 7.90. The molecule has 2 fully saturated rings. The second-order valence-electron chi connectivity index (χ2n) is 14.9. The SMILES string of the molecule is C[C@@H]1[C@@H](C)C/C=C/[C@H](OCCN2CCOCC2)[C@@H]2CC[C@H]2CN2C[C@@]3(CCCc4cc(Cl)ccc43)COc3ccc(cc32)C(=O)NS1(=O)=O.[HH]. The first-order valence-corrected chi connectivity index (χ1v) is 20.0. The number of benzene rings is 2. The molecule has 2 aromatic carbocycles. The zero-order valence-electron chi connectivity index (χ0n) is 28.7. The van der Waals surface area contributed by atoms with Crippen molar-refractivity contribution in [2.75, 3.05) is 64.1 Å². The highest BCUT2D eigenvalue weighted by atomic mass is 35.5. The number of carbonyl (C=O) groups excluding carboxylic acids is 1. The van der Waals surface area contributed by atoms with Crippen LogP contribution in [0.1, 0.15) is 68.9 Å². The number of nitrogens with one attached hydrogen (secondary N) is 1. The molecule has 3 aliphatic heterocycles. The average molecular weight is 714 g/mol. The Balaban J connectivity index is 0.00000432. The van der Waals surface area contributed by atoms with Crippen LogP contribution in [-0.2, 0) is 31.3 Å². The highest BCUT2D eigenvalue weighted by Gasteiger charge is 2.44. The number of sulfonamides is 1. The Kier molecular flexibility index (Phi) is 10.3. The van der Waals surface area contributed by atoms with Crippen LogP contribution in [0.5, 0.6) is 5.75 Å². The van der Waals surface area contributed by atoms with E-state index < -0.39 is 21.2 Å². The van der Waals surface area contributed by atoms with E-state index in [-0.39, 0.29) is 18.9 Å². The van der Waals surface area contributed by atoms with Gasteiger partial charge in [-0.05, 0) is 105 Å². The zero-order valence-corrected chi connectivity index (χ0v) is 30.3. The van der Waals surface area contributed by atoms with Gasteiger partial charge in [-0.2, -0.15) is 0 Å². The Morgan fingerprint density at radius 1 is 1.12 bits per heavy atom. The third-order valence-corrected chi connectivity index (χ3v) is 14.0. The molecule has 0 radical (unpaired) electrons. The van der Waals surface area contributed by atoms with Gasteiger partial charge in [0.1, 0.15) is 5.75 Å². The van der Waals surface area contributed by atoms with Crippen molar-refractivity contribution in [3.63, 3.8) is 0 Å². The van der Waals surface area contributed by atoms with E-state index in [1.54, 1.807) is 13.0 Å². The Morgan fingerprint density at radius 2 is 1.96 bits per heavy atom. The normalized spacial score (nSPS) is 32.5. The second-order valence-corrected chi connectivity index (χ2v) is 17.4. The lowest BCUT2D eigenvalue weighted by Gasteiger charge is -2.46. The predicted octanol–water partition coefficient (Wildman–Crippen LogP) is 5.85. The zero-order chi connectivity index (χ0) is 34.2. The molecule has 0 aromatic heterocycles. The standard InChI is InChI=1S/C38H50ClN3O6S.H2/c1-26-5-3-7-35(47-20-17-41-15-18-46-19-16-41)32-11-8-30(32)23-42-24-38(14-4-6-28-21-31(39)10-12-33(28)38)25-48-36-13-9-29(22-34(36)42)37(43)40-49(44,45)27(26)2;/h3,7,9-10,12-13,21-22,26-27,30,32,35H,4-6,8,11,14-20,23-25H2,1-2H3,(H,40,43);1H/b7-3+;/t26-,27+,30-,32+,35-,38-;/m0./s1. The van der Waals surface area contributed by atoms with Gasteiger partial charge >= 0.3 is 0 Å². The fourth-order valence-corrected chi connectivity index (χ4v) is 9.94. The van der Waals surface area contributed by atoms with Crippen molar-refractivity contribution in [1.82, 2.24) is 9.62 Å². The van der Waals surface area contributed by atoms with Gasteiger partial charge in [-0.15, -0.1) is 0 Å². The van der Waals surface area contributed by atoms with Gasteiger partial charge < -0.3 is 19.1 Å². The lowest BCUT2D eigenvalue weighted by molar-refractivity contribution is -0.0315. The molecule has 2 aromatic rings. The molecule has 1 amide bonds. The van der Waals surface area contributed by atoms with Gasteiger partial charge in [0.2, 0.25) is 10.0 Å². The molecule has 268 valence electrons. The van der Waals surface area contributed by atoms with Gasteiger partial charge in [0.15, 0.2) is 0 Å². The van der Waals surface area contributed by atoms with Crippen LogP contribution in [-0.4, -0.2) is 89.7 Å². The summed E-state index contributed by atoms with van der Waals surface area (Å²) in [6.07, 6.45) is 9.97. The number of carbonyl (C=O) groups is 1. The topological polar surface area (TPSA) is 97.4 Å². The number of amides is 1. The molecule has 1 N–H and O–H groups in total. The minimum Gasteiger partial charge on any atom is -0.490 e. The Morgan fingerprint density at radius 3 is 2.76 bits per heavy atom. The summed E-state index contributed by atoms with van der Waals surface area (Å²) in [6.45, 7) is 10.5. The fraction of sp³-hybridized carbons (Fsp3) is 0.605. The first-order valence-electron chi connectivity index (χ1n) is 18.1. The molecular weight excluding hydrogens is 662 g/mol. The molecule has 3 heterocycles. The van der Waals surface area contributed by atoms with Crippen LogP contribution in [0.3, 0.4) is 0 Å². The van der Waals surface area contributed by atoms with E-state index in [9.17, 15) is 13.2 Å². The number of rotatable bonds is 4. The molecule has 0 unspecified atom stereocenters. The molecule has 1 spiro atoms. The van der Waals surface area contributed by atoms with Crippen molar-refractivity contribution in [3.8, 4) is 5.75 Å². The number of allylic oxidation sites excluding steroid dienone is 1. The largest absolute Gasteiger partial charge is 0.490 e. The number of halogens is 1.